The van der Waals surface area contributed by atoms with E-state index in [0.717, 1.165) is 11.0 Å². The number of carbonyl (C=O) groups is 1. The van der Waals surface area contributed by atoms with E-state index in [2.05, 4.69) is 6.58 Å². The molecule has 0 aliphatic heterocycles. The number of para-hydroxylation sites is 1. The zero-order valence-corrected chi connectivity index (χ0v) is 9.38. The fourth-order valence-electron chi connectivity index (χ4n) is 1.51. The molecule has 96 valence electrons. The third kappa shape index (κ3) is 3.03. The molecule has 1 aromatic carbocycles. The predicted octanol–water partition coefficient (Wildman–Crippen LogP) is 1.81. The summed E-state index contributed by atoms with van der Waals surface area (Å²) < 4.78 is 13.4. The highest BCUT2D eigenvalue weighted by Crippen LogP contribution is 2.30. The van der Waals surface area contributed by atoms with Crippen molar-refractivity contribution in [2.75, 3.05) is 18.0 Å². The highest BCUT2D eigenvalue weighted by Gasteiger charge is 2.24. The molecule has 18 heavy (non-hydrogen) atoms. The lowest BCUT2D eigenvalue weighted by Gasteiger charge is -2.20. The predicted molar refractivity (Wildman–Crippen MR) is 63.1 cm³/mol. The maximum Gasteiger partial charge on any atom is 0.327 e. The van der Waals surface area contributed by atoms with E-state index < -0.39 is 28.9 Å². The molecular formula is C11H11FN2O4. The fourth-order valence-corrected chi connectivity index (χ4v) is 1.51. The van der Waals surface area contributed by atoms with E-state index >= 15 is 0 Å². The SMILES string of the molecule is C=CCN(CC(=O)O)c1cccc(F)c1[N+](=O)[O-]. The molecular weight excluding hydrogens is 243 g/mol. The van der Waals surface area contributed by atoms with Crippen LogP contribution in [-0.4, -0.2) is 29.1 Å². The van der Waals surface area contributed by atoms with E-state index in [-0.39, 0.29) is 12.2 Å². The molecule has 0 bridgehead atoms. The van der Waals surface area contributed by atoms with E-state index in [1.807, 2.05) is 0 Å². The Morgan fingerprint density at radius 3 is 2.78 bits per heavy atom. The van der Waals surface area contributed by atoms with E-state index in [0.29, 0.717) is 0 Å². The molecule has 0 aliphatic carbocycles. The minimum atomic E-state index is -1.17. The van der Waals surface area contributed by atoms with Crippen LogP contribution in [0.2, 0.25) is 0 Å². The first-order valence-corrected chi connectivity index (χ1v) is 4.98. The van der Waals surface area contributed by atoms with Gasteiger partial charge in [-0.05, 0) is 12.1 Å². The summed E-state index contributed by atoms with van der Waals surface area (Å²) in [5.74, 6) is -2.17. The number of aliphatic carboxylic acids is 1. The molecule has 1 aromatic rings. The van der Waals surface area contributed by atoms with Crippen molar-refractivity contribution < 1.29 is 19.2 Å². The lowest BCUT2D eigenvalue weighted by molar-refractivity contribution is -0.386. The number of carboxylic acids is 1. The van der Waals surface area contributed by atoms with E-state index in [9.17, 15) is 19.3 Å². The van der Waals surface area contributed by atoms with Crippen molar-refractivity contribution in [3.8, 4) is 0 Å². The first-order chi connectivity index (χ1) is 8.47. The van der Waals surface area contributed by atoms with Gasteiger partial charge in [0.15, 0.2) is 0 Å². The van der Waals surface area contributed by atoms with E-state index in [4.69, 9.17) is 5.11 Å². The normalized spacial score (nSPS) is 9.83. The number of nitro benzene ring substituents is 1. The van der Waals surface area contributed by atoms with Crippen LogP contribution < -0.4 is 4.90 Å². The van der Waals surface area contributed by atoms with Crippen LogP contribution in [0, 0.1) is 15.9 Å². The highest BCUT2D eigenvalue weighted by atomic mass is 19.1. The van der Waals surface area contributed by atoms with Gasteiger partial charge in [-0.3, -0.25) is 14.9 Å². The minimum Gasteiger partial charge on any atom is -0.480 e. The monoisotopic (exact) mass is 254 g/mol. The molecule has 0 saturated carbocycles. The lowest BCUT2D eigenvalue weighted by atomic mass is 10.2. The zero-order chi connectivity index (χ0) is 13.7. The molecule has 1 rings (SSSR count). The van der Waals surface area contributed by atoms with Gasteiger partial charge < -0.3 is 10.0 Å². The van der Waals surface area contributed by atoms with Crippen LogP contribution in [0.25, 0.3) is 0 Å². The summed E-state index contributed by atoms with van der Waals surface area (Å²) in [4.78, 5) is 21.8. The standard InChI is InChI=1S/C11H11FN2O4/c1-2-6-13(7-10(15)16)9-5-3-4-8(12)11(9)14(17)18/h2-5H,1,6-7H2,(H,15,16). The zero-order valence-electron chi connectivity index (χ0n) is 9.38. The molecule has 0 saturated heterocycles. The van der Waals surface area contributed by atoms with Gasteiger partial charge in [0.2, 0.25) is 5.82 Å². The van der Waals surface area contributed by atoms with Crippen LogP contribution in [0.15, 0.2) is 30.9 Å². The maximum atomic E-state index is 13.4. The summed E-state index contributed by atoms with van der Waals surface area (Å²) in [6, 6.07) is 3.54. The maximum absolute atomic E-state index is 13.4. The van der Waals surface area contributed by atoms with Crippen LogP contribution in [0.1, 0.15) is 0 Å². The van der Waals surface area contributed by atoms with Gasteiger partial charge in [0.25, 0.3) is 0 Å². The van der Waals surface area contributed by atoms with Crippen LogP contribution in [0.4, 0.5) is 15.8 Å². The molecule has 6 nitrogen and oxygen atoms in total. The molecule has 0 aliphatic rings. The Morgan fingerprint density at radius 2 is 2.28 bits per heavy atom. The number of rotatable bonds is 6. The summed E-state index contributed by atoms with van der Waals surface area (Å²) in [5, 5.41) is 19.5. The molecule has 0 atom stereocenters. The second-order valence-electron chi connectivity index (χ2n) is 3.43. The summed E-state index contributed by atoms with van der Waals surface area (Å²) in [6.07, 6.45) is 1.39. The van der Waals surface area contributed by atoms with Crippen molar-refractivity contribution >= 4 is 17.3 Å². The fraction of sp³-hybridized carbons (Fsp3) is 0.182. The number of nitro groups is 1. The molecule has 0 aromatic heterocycles. The number of halogens is 1. The molecule has 0 amide bonds. The largest absolute Gasteiger partial charge is 0.480 e. The quantitative estimate of drug-likeness (QED) is 0.475. The van der Waals surface area contributed by atoms with Gasteiger partial charge in [0, 0.05) is 6.54 Å². The third-order valence-corrected chi connectivity index (χ3v) is 2.16. The van der Waals surface area contributed by atoms with Gasteiger partial charge >= 0.3 is 11.7 Å². The van der Waals surface area contributed by atoms with Crippen molar-refractivity contribution in [3.05, 3.63) is 46.8 Å². The number of carboxylic acid groups (broad SMARTS) is 1. The van der Waals surface area contributed by atoms with Crippen LogP contribution in [0.3, 0.4) is 0 Å². The molecule has 0 radical (unpaired) electrons. The summed E-state index contributed by atoms with van der Waals surface area (Å²) in [7, 11) is 0. The van der Waals surface area contributed by atoms with Crippen LogP contribution in [-0.2, 0) is 4.79 Å². The van der Waals surface area contributed by atoms with Gasteiger partial charge in [0.1, 0.15) is 12.2 Å². The van der Waals surface area contributed by atoms with Gasteiger partial charge in [-0.25, -0.2) is 0 Å². The van der Waals surface area contributed by atoms with Gasteiger partial charge in [0.05, 0.1) is 4.92 Å². The summed E-state index contributed by atoms with van der Waals surface area (Å²) in [5.41, 5.74) is -0.817. The van der Waals surface area contributed by atoms with Crippen molar-refractivity contribution in [2.24, 2.45) is 0 Å². The topological polar surface area (TPSA) is 83.7 Å². The Bertz CT molecular complexity index is 490. The molecule has 0 heterocycles. The molecule has 7 heteroatoms. The number of nitrogens with zero attached hydrogens (tertiary/aromatic N) is 2. The Kier molecular flexibility index (Phi) is 4.36. The van der Waals surface area contributed by atoms with E-state index in [1.54, 1.807) is 0 Å². The van der Waals surface area contributed by atoms with Gasteiger partial charge in [-0.2, -0.15) is 4.39 Å². The average Bonchev–Trinajstić information content (AvgIpc) is 2.27. The van der Waals surface area contributed by atoms with Crippen molar-refractivity contribution in [1.29, 1.82) is 0 Å². The molecule has 0 fully saturated rings. The van der Waals surface area contributed by atoms with Crippen molar-refractivity contribution in [3.63, 3.8) is 0 Å². The van der Waals surface area contributed by atoms with Crippen LogP contribution >= 0.6 is 0 Å². The number of anilines is 1. The van der Waals surface area contributed by atoms with Crippen molar-refractivity contribution in [1.82, 2.24) is 0 Å². The Hall–Kier alpha value is -2.44. The minimum absolute atomic E-state index is 0.0661. The Labute approximate surface area is 102 Å². The first-order valence-electron chi connectivity index (χ1n) is 4.98. The summed E-state index contributed by atoms with van der Waals surface area (Å²) >= 11 is 0. The molecule has 0 unspecified atom stereocenters. The van der Waals surface area contributed by atoms with Gasteiger partial charge in [-0.15, -0.1) is 6.58 Å². The van der Waals surface area contributed by atoms with Crippen molar-refractivity contribution in [2.45, 2.75) is 0 Å². The molecule has 1 N–H and O–H groups in total. The molecule has 0 spiro atoms. The van der Waals surface area contributed by atoms with Crippen LogP contribution in [0.5, 0.6) is 0 Å². The second-order valence-corrected chi connectivity index (χ2v) is 3.43. The first kappa shape index (κ1) is 13.6. The number of hydrogen-bond donors (Lipinski definition) is 1. The Morgan fingerprint density at radius 1 is 1.61 bits per heavy atom. The number of hydrogen-bond acceptors (Lipinski definition) is 4. The number of benzene rings is 1. The average molecular weight is 254 g/mol. The third-order valence-electron chi connectivity index (χ3n) is 2.16. The van der Waals surface area contributed by atoms with Gasteiger partial charge in [-0.1, -0.05) is 12.1 Å². The highest BCUT2D eigenvalue weighted by molar-refractivity contribution is 5.76. The lowest BCUT2D eigenvalue weighted by Crippen LogP contribution is -2.30. The smallest absolute Gasteiger partial charge is 0.327 e. The Balaban J connectivity index is 3.26. The second kappa shape index (κ2) is 5.76. The van der Waals surface area contributed by atoms with E-state index in [1.165, 1.54) is 18.2 Å². The summed E-state index contributed by atoms with van der Waals surface area (Å²) in [6.45, 7) is 3.02.